The first-order valence-electron chi connectivity index (χ1n) is 12.2. The van der Waals surface area contributed by atoms with E-state index in [4.69, 9.17) is 11.5 Å². The maximum Gasteiger partial charge on any atom is 0.273 e. The van der Waals surface area contributed by atoms with Crippen LogP contribution >= 0.6 is 11.5 Å². The van der Waals surface area contributed by atoms with Gasteiger partial charge in [0.25, 0.3) is 11.8 Å². The molecule has 1 fully saturated rings. The van der Waals surface area contributed by atoms with Crippen LogP contribution in [0.5, 0.6) is 0 Å². The van der Waals surface area contributed by atoms with Crippen LogP contribution in [-0.2, 0) is 4.79 Å². The first-order chi connectivity index (χ1) is 17.7. The third-order valence-electron chi connectivity index (χ3n) is 6.79. The Balaban J connectivity index is 1.86. The number of hydrogen-bond acceptors (Lipinski definition) is 6. The van der Waals surface area contributed by atoms with Gasteiger partial charge >= 0.3 is 0 Å². The van der Waals surface area contributed by atoms with Gasteiger partial charge in [0.2, 0.25) is 5.91 Å². The van der Waals surface area contributed by atoms with Crippen LogP contribution in [0.4, 0.5) is 15.8 Å². The van der Waals surface area contributed by atoms with E-state index in [2.05, 4.69) is 9.69 Å². The number of primary amides is 1. The molecular weight excluding hydrogens is 493 g/mol. The molecule has 3 amide bonds. The number of rotatable bonds is 7. The van der Waals surface area contributed by atoms with Gasteiger partial charge in [-0.15, -0.1) is 0 Å². The van der Waals surface area contributed by atoms with Crippen LogP contribution in [0.1, 0.15) is 75.0 Å². The van der Waals surface area contributed by atoms with Crippen LogP contribution in [0.3, 0.4) is 0 Å². The number of carbonyl (C=O) groups excluding carboxylic acids is 3. The molecule has 5 N–H and O–H groups in total. The molecule has 4 rings (SSSR count). The topological polar surface area (TPSA) is 131 Å². The molecule has 37 heavy (non-hydrogen) atoms. The molecule has 0 unspecified atom stereocenters. The van der Waals surface area contributed by atoms with Gasteiger partial charge in [0, 0.05) is 11.7 Å². The maximum atomic E-state index is 14.1. The standard InChI is InChI=1S/C27H30FN5O3S/c1-15-8-13-20(14-16(15)2)33(27(36)24-21(29)22(25(30)34)32-37-24)23(17-9-11-18(28)12-10-17)26(35)31-19-6-4-3-5-7-19/h8-14,19,23H,3-7,29H2,1-2H3,(H2,30,34)(H,31,35)/t23-/m1/s1. The minimum Gasteiger partial charge on any atom is -0.395 e. The fourth-order valence-electron chi connectivity index (χ4n) is 4.59. The summed E-state index contributed by atoms with van der Waals surface area (Å²) in [5, 5.41) is 3.11. The molecule has 1 atom stereocenters. The van der Waals surface area contributed by atoms with E-state index in [0.29, 0.717) is 11.3 Å². The number of aryl methyl sites for hydroxylation is 2. The van der Waals surface area contributed by atoms with E-state index in [-0.39, 0.29) is 28.2 Å². The number of amides is 3. The van der Waals surface area contributed by atoms with Crippen molar-refractivity contribution in [2.75, 3.05) is 10.6 Å². The maximum absolute atomic E-state index is 14.1. The van der Waals surface area contributed by atoms with Gasteiger partial charge in [0.05, 0.1) is 5.69 Å². The van der Waals surface area contributed by atoms with E-state index >= 15 is 0 Å². The highest BCUT2D eigenvalue weighted by atomic mass is 32.1. The van der Waals surface area contributed by atoms with Crippen molar-refractivity contribution in [2.24, 2.45) is 5.73 Å². The van der Waals surface area contributed by atoms with Gasteiger partial charge in [-0.2, -0.15) is 4.37 Å². The fourth-order valence-corrected chi connectivity index (χ4v) is 5.33. The normalized spacial score (nSPS) is 14.7. The molecular formula is C27H30FN5O3S. The number of benzene rings is 2. The Bertz CT molecular complexity index is 1320. The highest BCUT2D eigenvalue weighted by molar-refractivity contribution is 7.09. The molecule has 3 aromatic rings. The average molecular weight is 524 g/mol. The van der Waals surface area contributed by atoms with Gasteiger partial charge in [-0.1, -0.05) is 37.5 Å². The van der Waals surface area contributed by atoms with Crippen LogP contribution in [0, 0.1) is 19.7 Å². The molecule has 0 saturated heterocycles. The predicted molar refractivity (Wildman–Crippen MR) is 142 cm³/mol. The Morgan fingerprint density at radius 2 is 1.73 bits per heavy atom. The lowest BCUT2D eigenvalue weighted by Crippen LogP contribution is -2.47. The molecule has 2 aromatic carbocycles. The van der Waals surface area contributed by atoms with Crippen molar-refractivity contribution >= 4 is 40.6 Å². The minimum atomic E-state index is -1.13. The number of nitrogens with zero attached hydrogens (tertiary/aromatic N) is 2. The highest BCUT2D eigenvalue weighted by Crippen LogP contribution is 2.34. The van der Waals surface area contributed by atoms with Crippen molar-refractivity contribution in [1.82, 2.24) is 9.69 Å². The molecule has 0 bridgehead atoms. The van der Waals surface area contributed by atoms with Crippen molar-refractivity contribution in [2.45, 2.75) is 58.0 Å². The van der Waals surface area contributed by atoms with Gasteiger partial charge in [-0.25, -0.2) is 4.39 Å². The second kappa shape index (κ2) is 11.1. The quantitative estimate of drug-likeness (QED) is 0.422. The molecule has 1 heterocycles. The van der Waals surface area contributed by atoms with Gasteiger partial charge in [-0.05, 0) is 79.2 Å². The summed E-state index contributed by atoms with van der Waals surface area (Å²) < 4.78 is 17.8. The highest BCUT2D eigenvalue weighted by Gasteiger charge is 2.37. The molecule has 1 saturated carbocycles. The monoisotopic (exact) mass is 523 g/mol. The zero-order valence-corrected chi connectivity index (χ0v) is 21.6. The van der Waals surface area contributed by atoms with Crippen molar-refractivity contribution in [3.8, 4) is 0 Å². The van der Waals surface area contributed by atoms with E-state index in [1.165, 1.54) is 29.2 Å². The van der Waals surface area contributed by atoms with Gasteiger partial charge in [0.1, 0.15) is 16.7 Å². The second-order valence-corrected chi connectivity index (χ2v) is 10.2. The molecule has 194 valence electrons. The average Bonchev–Trinajstić information content (AvgIpc) is 3.27. The molecule has 1 aliphatic rings. The summed E-state index contributed by atoms with van der Waals surface area (Å²) >= 11 is 0.747. The molecule has 0 radical (unpaired) electrons. The first-order valence-corrected chi connectivity index (χ1v) is 13.0. The summed E-state index contributed by atoms with van der Waals surface area (Å²) in [5.74, 6) is -2.31. The number of halogens is 1. The molecule has 10 heteroatoms. The van der Waals surface area contributed by atoms with Crippen molar-refractivity contribution in [3.63, 3.8) is 0 Å². The third kappa shape index (κ3) is 5.64. The van der Waals surface area contributed by atoms with Crippen LogP contribution < -0.4 is 21.7 Å². The van der Waals surface area contributed by atoms with Crippen LogP contribution in [0.2, 0.25) is 0 Å². The lowest BCUT2D eigenvalue weighted by molar-refractivity contribution is -0.123. The number of nitrogens with one attached hydrogen (secondary N) is 1. The zero-order chi connectivity index (χ0) is 26.7. The number of anilines is 2. The Labute approximate surface area is 219 Å². The van der Waals surface area contributed by atoms with E-state index in [1.54, 1.807) is 6.07 Å². The zero-order valence-electron chi connectivity index (χ0n) is 20.8. The minimum absolute atomic E-state index is 0.00962. The SMILES string of the molecule is Cc1ccc(N(C(=O)c2snc(C(N)=O)c2N)[C@@H](C(=O)NC2CCCCC2)c2ccc(F)cc2)cc1C. The Morgan fingerprint density at radius 3 is 2.32 bits per heavy atom. The van der Waals surface area contributed by atoms with E-state index in [9.17, 15) is 18.8 Å². The smallest absolute Gasteiger partial charge is 0.273 e. The number of nitrogen functional groups attached to an aromatic ring is 1. The van der Waals surface area contributed by atoms with Crippen molar-refractivity contribution < 1.29 is 18.8 Å². The van der Waals surface area contributed by atoms with Crippen LogP contribution in [0.25, 0.3) is 0 Å². The molecule has 1 aliphatic carbocycles. The second-order valence-electron chi connectivity index (χ2n) is 9.38. The molecule has 1 aromatic heterocycles. The van der Waals surface area contributed by atoms with Gasteiger partial charge in [-0.3, -0.25) is 19.3 Å². The van der Waals surface area contributed by atoms with Crippen molar-refractivity contribution in [3.05, 3.63) is 75.5 Å². The van der Waals surface area contributed by atoms with Crippen LogP contribution in [0.15, 0.2) is 42.5 Å². The third-order valence-corrected chi connectivity index (χ3v) is 7.64. The van der Waals surface area contributed by atoms with Gasteiger partial charge < -0.3 is 16.8 Å². The summed E-state index contributed by atoms with van der Waals surface area (Å²) in [6.07, 6.45) is 4.85. The van der Waals surface area contributed by atoms with Crippen LogP contribution in [-0.4, -0.2) is 28.1 Å². The molecule has 0 aliphatic heterocycles. The summed E-state index contributed by atoms with van der Waals surface area (Å²) in [5.41, 5.74) is 14.0. The largest absolute Gasteiger partial charge is 0.395 e. The number of nitrogens with two attached hydrogens (primary N) is 2. The summed E-state index contributed by atoms with van der Waals surface area (Å²) in [6, 6.07) is 9.76. The Hall–Kier alpha value is -3.79. The fraction of sp³-hybridized carbons (Fsp3) is 0.333. The lowest BCUT2D eigenvalue weighted by atomic mass is 9.94. The van der Waals surface area contributed by atoms with E-state index in [0.717, 1.165) is 54.8 Å². The lowest BCUT2D eigenvalue weighted by Gasteiger charge is -2.33. The Morgan fingerprint density at radius 1 is 1.05 bits per heavy atom. The molecule has 0 spiro atoms. The van der Waals surface area contributed by atoms with Crippen molar-refractivity contribution in [1.29, 1.82) is 0 Å². The number of hydrogen-bond donors (Lipinski definition) is 3. The van der Waals surface area contributed by atoms with Gasteiger partial charge in [0.15, 0.2) is 5.69 Å². The number of aromatic nitrogens is 1. The Kier molecular flexibility index (Phi) is 7.87. The predicted octanol–water partition coefficient (Wildman–Crippen LogP) is 4.42. The first kappa shape index (κ1) is 26.3. The summed E-state index contributed by atoms with van der Waals surface area (Å²) in [4.78, 5) is 41.1. The molecule has 8 nitrogen and oxygen atoms in total. The summed E-state index contributed by atoms with van der Waals surface area (Å²) in [6.45, 7) is 3.85. The van der Waals surface area contributed by atoms with E-state index in [1.807, 2.05) is 26.0 Å². The van der Waals surface area contributed by atoms with E-state index < -0.39 is 23.7 Å². The number of carbonyl (C=O) groups is 3. The summed E-state index contributed by atoms with van der Waals surface area (Å²) in [7, 11) is 0.